The van der Waals surface area contributed by atoms with E-state index in [1.165, 1.54) is 18.4 Å². The zero-order valence-electron chi connectivity index (χ0n) is 13.3. The molecule has 0 bridgehead atoms. The molecule has 5 heteroatoms. The summed E-state index contributed by atoms with van der Waals surface area (Å²) >= 11 is 0. The number of hydrogen-bond donors (Lipinski definition) is 0. The van der Waals surface area contributed by atoms with Gasteiger partial charge < -0.3 is 0 Å². The van der Waals surface area contributed by atoms with Crippen molar-refractivity contribution in [3.05, 3.63) is 47.8 Å². The van der Waals surface area contributed by atoms with E-state index in [1.54, 1.807) is 0 Å². The van der Waals surface area contributed by atoms with Gasteiger partial charge in [-0.05, 0) is 49.2 Å². The van der Waals surface area contributed by atoms with Crippen LogP contribution in [0.5, 0.6) is 0 Å². The summed E-state index contributed by atoms with van der Waals surface area (Å²) in [6, 6.07) is 11.2. The molecule has 1 aromatic heterocycles. The van der Waals surface area contributed by atoms with E-state index in [0.29, 0.717) is 12.1 Å². The number of benzene rings is 1. The highest BCUT2D eigenvalue weighted by Gasteiger charge is 2.24. The quantitative estimate of drug-likeness (QED) is 0.851. The fourth-order valence-electron chi connectivity index (χ4n) is 2.95. The van der Waals surface area contributed by atoms with Gasteiger partial charge in [0.25, 0.3) is 0 Å². The van der Waals surface area contributed by atoms with Crippen LogP contribution in [0.15, 0.2) is 36.4 Å². The number of rotatable bonds is 5. The third-order valence-corrected chi connectivity index (χ3v) is 4.12. The molecule has 1 atom stereocenters. The van der Waals surface area contributed by atoms with Gasteiger partial charge in [0.1, 0.15) is 0 Å². The first-order valence-corrected chi connectivity index (χ1v) is 7.98. The maximum absolute atomic E-state index is 4.19. The number of likely N-dealkylation sites (tertiary alicyclic amines) is 1. The van der Waals surface area contributed by atoms with E-state index in [4.69, 9.17) is 0 Å². The molecule has 2 heterocycles. The Hall–Kier alpha value is -2.01. The lowest BCUT2D eigenvalue weighted by molar-refractivity contribution is 0.266. The van der Waals surface area contributed by atoms with Crippen LogP contribution in [-0.4, -0.2) is 37.7 Å². The molecule has 3 rings (SSSR count). The van der Waals surface area contributed by atoms with Crippen LogP contribution in [0.3, 0.4) is 0 Å². The van der Waals surface area contributed by atoms with E-state index < -0.39 is 0 Å². The first-order chi connectivity index (χ1) is 10.7. The van der Waals surface area contributed by atoms with Crippen molar-refractivity contribution >= 4 is 6.08 Å². The molecule has 1 saturated heterocycles. The van der Waals surface area contributed by atoms with Crippen molar-refractivity contribution in [1.29, 1.82) is 0 Å². The smallest absolute Gasteiger partial charge is 0.165 e. The van der Waals surface area contributed by atoms with E-state index >= 15 is 0 Å². The summed E-state index contributed by atoms with van der Waals surface area (Å²) in [5.41, 5.74) is 1.25. The van der Waals surface area contributed by atoms with Gasteiger partial charge in [-0.3, -0.25) is 4.90 Å². The molecular formula is C17H23N5. The number of hydrogen-bond acceptors (Lipinski definition) is 4. The predicted molar refractivity (Wildman–Crippen MR) is 87.1 cm³/mol. The molecule has 1 fully saturated rings. The highest BCUT2D eigenvalue weighted by Crippen LogP contribution is 2.21. The Kier molecular flexibility index (Phi) is 4.63. The molecule has 0 aliphatic carbocycles. The second-order valence-electron chi connectivity index (χ2n) is 6.08. The molecule has 2 aromatic rings. The summed E-state index contributed by atoms with van der Waals surface area (Å²) in [6.45, 7) is 6.14. The van der Waals surface area contributed by atoms with Crippen LogP contribution < -0.4 is 0 Å². The van der Waals surface area contributed by atoms with Crippen molar-refractivity contribution in [3.8, 4) is 0 Å². The van der Waals surface area contributed by atoms with E-state index in [0.717, 1.165) is 18.9 Å². The van der Waals surface area contributed by atoms with Crippen LogP contribution in [0.2, 0.25) is 0 Å². The zero-order chi connectivity index (χ0) is 15.4. The molecule has 1 unspecified atom stereocenters. The number of nitrogens with zero attached hydrogens (tertiary/aromatic N) is 5. The Morgan fingerprint density at radius 2 is 2.09 bits per heavy atom. The lowest BCUT2D eigenvalue weighted by Gasteiger charge is -2.21. The SMILES string of the molecule is CC(C)n1nnnc1CN1CCCC1C=Cc1ccccc1. The zero-order valence-corrected chi connectivity index (χ0v) is 13.3. The average molecular weight is 297 g/mol. The normalized spacial score (nSPS) is 19.5. The Labute approximate surface area is 131 Å². The summed E-state index contributed by atoms with van der Waals surface area (Å²) < 4.78 is 1.91. The van der Waals surface area contributed by atoms with Crippen LogP contribution in [0, 0.1) is 0 Å². The maximum atomic E-state index is 4.19. The molecule has 1 aromatic carbocycles. The highest BCUT2D eigenvalue weighted by atomic mass is 15.6. The van der Waals surface area contributed by atoms with E-state index in [9.17, 15) is 0 Å². The van der Waals surface area contributed by atoms with Crippen LogP contribution in [0.4, 0.5) is 0 Å². The van der Waals surface area contributed by atoms with Gasteiger partial charge in [0, 0.05) is 6.04 Å². The Balaban J connectivity index is 1.68. The van der Waals surface area contributed by atoms with Gasteiger partial charge in [0.05, 0.1) is 12.6 Å². The minimum atomic E-state index is 0.297. The van der Waals surface area contributed by atoms with Crippen LogP contribution in [0.1, 0.15) is 44.1 Å². The van der Waals surface area contributed by atoms with Gasteiger partial charge in [0.2, 0.25) is 0 Å². The number of tetrazole rings is 1. The molecule has 0 spiro atoms. The van der Waals surface area contributed by atoms with Crippen LogP contribution in [-0.2, 0) is 6.54 Å². The van der Waals surface area contributed by atoms with Crippen LogP contribution >= 0.6 is 0 Å². The Bertz CT molecular complexity index is 617. The van der Waals surface area contributed by atoms with Crippen molar-refractivity contribution in [1.82, 2.24) is 25.1 Å². The summed E-state index contributed by atoms with van der Waals surface area (Å²) in [5, 5.41) is 12.1. The lowest BCUT2D eigenvalue weighted by Crippen LogP contribution is -2.29. The van der Waals surface area contributed by atoms with Gasteiger partial charge in [-0.15, -0.1) is 5.10 Å². The van der Waals surface area contributed by atoms with Gasteiger partial charge >= 0.3 is 0 Å². The summed E-state index contributed by atoms with van der Waals surface area (Å²) in [7, 11) is 0. The molecular weight excluding hydrogens is 274 g/mol. The molecule has 0 saturated carbocycles. The standard InChI is InChI=1S/C17H23N5/c1-14(2)22-17(18-19-20-22)13-21-12-6-9-16(21)11-10-15-7-4-3-5-8-15/h3-5,7-8,10-11,14,16H,6,9,12-13H2,1-2H3. The predicted octanol–water partition coefficient (Wildman–Crippen LogP) is 2.93. The minimum absolute atomic E-state index is 0.297. The van der Waals surface area contributed by atoms with Crippen molar-refractivity contribution in [2.75, 3.05) is 6.54 Å². The maximum Gasteiger partial charge on any atom is 0.165 e. The minimum Gasteiger partial charge on any atom is -0.289 e. The average Bonchev–Trinajstić information content (AvgIpc) is 3.16. The van der Waals surface area contributed by atoms with E-state index in [2.05, 4.69) is 70.7 Å². The van der Waals surface area contributed by atoms with Crippen molar-refractivity contribution < 1.29 is 0 Å². The third-order valence-electron chi connectivity index (χ3n) is 4.12. The second-order valence-corrected chi connectivity index (χ2v) is 6.08. The summed E-state index contributed by atoms with van der Waals surface area (Å²) in [5.74, 6) is 0.954. The Morgan fingerprint density at radius 3 is 2.86 bits per heavy atom. The Morgan fingerprint density at radius 1 is 1.27 bits per heavy atom. The summed E-state index contributed by atoms with van der Waals surface area (Å²) in [4.78, 5) is 2.46. The lowest BCUT2D eigenvalue weighted by atomic mass is 10.1. The van der Waals surface area contributed by atoms with E-state index in [-0.39, 0.29) is 0 Å². The molecule has 1 aliphatic heterocycles. The molecule has 1 aliphatic rings. The van der Waals surface area contributed by atoms with Gasteiger partial charge in [-0.2, -0.15) is 0 Å². The number of aromatic nitrogens is 4. The molecule has 0 amide bonds. The molecule has 116 valence electrons. The second kappa shape index (κ2) is 6.83. The van der Waals surface area contributed by atoms with Crippen LogP contribution in [0.25, 0.3) is 6.08 Å². The van der Waals surface area contributed by atoms with E-state index in [1.807, 2.05) is 10.7 Å². The summed E-state index contributed by atoms with van der Waals surface area (Å²) in [6.07, 6.45) is 6.96. The fourth-order valence-corrected chi connectivity index (χ4v) is 2.95. The molecule has 0 radical (unpaired) electrons. The van der Waals surface area contributed by atoms with Crippen molar-refractivity contribution in [2.24, 2.45) is 0 Å². The first-order valence-electron chi connectivity index (χ1n) is 7.98. The van der Waals surface area contributed by atoms with Gasteiger partial charge in [-0.1, -0.05) is 42.5 Å². The highest BCUT2D eigenvalue weighted by molar-refractivity contribution is 5.49. The topological polar surface area (TPSA) is 46.8 Å². The monoisotopic (exact) mass is 297 g/mol. The molecule has 22 heavy (non-hydrogen) atoms. The van der Waals surface area contributed by atoms with Crippen molar-refractivity contribution in [3.63, 3.8) is 0 Å². The van der Waals surface area contributed by atoms with Gasteiger partial charge in [0.15, 0.2) is 5.82 Å². The fraction of sp³-hybridized carbons (Fsp3) is 0.471. The largest absolute Gasteiger partial charge is 0.289 e. The van der Waals surface area contributed by atoms with Gasteiger partial charge in [-0.25, -0.2) is 4.68 Å². The van der Waals surface area contributed by atoms with Crippen molar-refractivity contribution in [2.45, 2.75) is 45.3 Å². The molecule has 5 nitrogen and oxygen atoms in total. The first kappa shape index (κ1) is 14.9. The third kappa shape index (κ3) is 3.42. The molecule has 0 N–H and O–H groups in total.